The first-order chi connectivity index (χ1) is 13.9. The SMILES string of the molecule is Cc1nc2c(-c3ccncc3)nsc2c(=O)n1CC(=O)Nc1ccc(Cl)cc1F. The fourth-order valence-corrected chi connectivity index (χ4v) is 3.78. The molecule has 7 nitrogen and oxygen atoms in total. The van der Waals surface area contributed by atoms with Gasteiger partial charge in [0.15, 0.2) is 0 Å². The Kier molecular flexibility index (Phi) is 5.08. The highest BCUT2D eigenvalue weighted by molar-refractivity contribution is 7.13. The van der Waals surface area contributed by atoms with Crippen LogP contribution < -0.4 is 10.9 Å². The van der Waals surface area contributed by atoms with E-state index in [2.05, 4.69) is 19.7 Å². The van der Waals surface area contributed by atoms with Gasteiger partial charge in [-0.3, -0.25) is 19.1 Å². The predicted molar refractivity (Wildman–Crippen MR) is 110 cm³/mol. The van der Waals surface area contributed by atoms with Crippen molar-refractivity contribution in [1.82, 2.24) is 18.9 Å². The molecule has 0 saturated carbocycles. The number of carbonyl (C=O) groups is 1. The van der Waals surface area contributed by atoms with Crippen molar-refractivity contribution < 1.29 is 9.18 Å². The van der Waals surface area contributed by atoms with E-state index in [4.69, 9.17) is 11.6 Å². The maximum Gasteiger partial charge on any atom is 0.273 e. The average Bonchev–Trinajstić information content (AvgIpc) is 3.12. The Balaban J connectivity index is 1.66. The van der Waals surface area contributed by atoms with E-state index in [1.165, 1.54) is 16.7 Å². The summed E-state index contributed by atoms with van der Waals surface area (Å²) in [6.45, 7) is 1.32. The number of aromatic nitrogens is 4. The van der Waals surface area contributed by atoms with Crippen LogP contribution >= 0.6 is 23.1 Å². The van der Waals surface area contributed by atoms with Gasteiger partial charge in [-0.1, -0.05) is 11.6 Å². The first kappa shape index (κ1) is 19.2. The number of rotatable bonds is 4. The Morgan fingerprint density at radius 3 is 2.76 bits per heavy atom. The maximum atomic E-state index is 13.9. The number of carbonyl (C=O) groups excluding carboxylic acids is 1. The molecule has 1 amide bonds. The van der Waals surface area contributed by atoms with E-state index in [-0.39, 0.29) is 22.8 Å². The molecule has 0 spiro atoms. The van der Waals surface area contributed by atoms with Crippen molar-refractivity contribution in [3.05, 3.63) is 69.7 Å². The average molecular weight is 430 g/mol. The standard InChI is InChI=1S/C19H13ClFN5O2S/c1-10-23-17-16(11-4-6-22-7-5-11)25-29-18(17)19(28)26(10)9-15(27)24-14-3-2-12(20)8-13(14)21/h2-8H,9H2,1H3,(H,24,27). The second kappa shape index (κ2) is 7.69. The highest BCUT2D eigenvalue weighted by Gasteiger charge is 2.18. The molecular formula is C19H13ClFN5O2S. The molecule has 0 unspecified atom stereocenters. The molecule has 1 aromatic carbocycles. The molecule has 0 aliphatic heterocycles. The van der Waals surface area contributed by atoms with Crippen LogP contribution in [-0.2, 0) is 11.3 Å². The number of hydrogen-bond acceptors (Lipinski definition) is 6. The van der Waals surface area contributed by atoms with E-state index in [1.807, 2.05) is 0 Å². The van der Waals surface area contributed by atoms with Crippen molar-refractivity contribution in [3.8, 4) is 11.3 Å². The second-order valence-corrected chi connectivity index (χ2v) is 7.38. The Morgan fingerprint density at radius 2 is 2.03 bits per heavy atom. The Bertz CT molecular complexity index is 1290. The highest BCUT2D eigenvalue weighted by atomic mass is 35.5. The molecule has 4 rings (SSSR count). The molecule has 29 heavy (non-hydrogen) atoms. The number of aryl methyl sites for hydroxylation is 1. The van der Waals surface area contributed by atoms with Gasteiger partial charge in [0.25, 0.3) is 5.56 Å². The minimum Gasteiger partial charge on any atom is -0.322 e. The van der Waals surface area contributed by atoms with Crippen molar-refractivity contribution in [2.45, 2.75) is 13.5 Å². The lowest BCUT2D eigenvalue weighted by Gasteiger charge is -2.11. The van der Waals surface area contributed by atoms with Crippen molar-refractivity contribution in [2.75, 3.05) is 5.32 Å². The van der Waals surface area contributed by atoms with Gasteiger partial charge in [-0.15, -0.1) is 0 Å². The highest BCUT2D eigenvalue weighted by Crippen LogP contribution is 2.27. The summed E-state index contributed by atoms with van der Waals surface area (Å²) in [6, 6.07) is 7.48. The number of nitrogens with zero attached hydrogens (tertiary/aromatic N) is 4. The predicted octanol–water partition coefficient (Wildman–Crippen LogP) is 3.65. The number of amides is 1. The molecule has 1 N–H and O–H groups in total. The minimum absolute atomic E-state index is 0.0168. The van der Waals surface area contributed by atoms with Crippen LogP contribution in [0, 0.1) is 12.7 Å². The van der Waals surface area contributed by atoms with Gasteiger partial charge in [-0.25, -0.2) is 9.37 Å². The zero-order valence-corrected chi connectivity index (χ0v) is 16.6. The molecule has 0 aliphatic carbocycles. The maximum absolute atomic E-state index is 13.9. The Labute approximate surface area is 173 Å². The Hall–Kier alpha value is -3.17. The van der Waals surface area contributed by atoms with Gasteiger partial charge >= 0.3 is 0 Å². The number of pyridine rings is 1. The van der Waals surface area contributed by atoms with E-state index in [9.17, 15) is 14.0 Å². The number of benzene rings is 1. The number of halogens is 2. The van der Waals surface area contributed by atoms with Gasteiger partial charge in [0.2, 0.25) is 5.91 Å². The molecule has 146 valence electrons. The van der Waals surface area contributed by atoms with E-state index in [1.54, 1.807) is 31.5 Å². The summed E-state index contributed by atoms with van der Waals surface area (Å²) in [5, 5.41) is 2.66. The molecule has 3 aromatic heterocycles. The van der Waals surface area contributed by atoms with E-state index in [0.29, 0.717) is 21.7 Å². The summed E-state index contributed by atoms with van der Waals surface area (Å²) in [7, 11) is 0. The van der Waals surface area contributed by atoms with Gasteiger partial charge in [-0.05, 0) is 48.8 Å². The van der Waals surface area contributed by atoms with Gasteiger partial charge in [0, 0.05) is 23.0 Å². The summed E-state index contributed by atoms with van der Waals surface area (Å²) >= 11 is 6.73. The van der Waals surface area contributed by atoms with E-state index >= 15 is 0 Å². The van der Waals surface area contributed by atoms with Crippen molar-refractivity contribution >= 4 is 44.9 Å². The lowest BCUT2D eigenvalue weighted by atomic mass is 10.2. The van der Waals surface area contributed by atoms with Crippen LogP contribution in [0.2, 0.25) is 5.02 Å². The first-order valence-electron chi connectivity index (χ1n) is 8.46. The second-order valence-electron chi connectivity index (χ2n) is 6.17. The molecule has 0 aliphatic rings. The molecule has 0 saturated heterocycles. The third kappa shape index (κ3) is 3.74. The number of fused-ring (bicyclic) bond motifs is 1. The van der Waals surface area contributed by atoms with Crippen LogP contribution in [0.4, 0.5) is 10.1 Å². The molecule has 4 aromatic rings. The normalized spacial score (nSPS) is 11.0. The third-order valence-electron chi connectivity index (χ3n) is 4.23. The third-order valence-corrected chi connectivity index (χ3v) is 5.29. The molecule has 3 heterocycles. The lowest BCUT2D eigenvalue weighted by Crippen LogP contribution is -2.30. The topological polar surface area (TPSA) is 89.8 Å². The van der Waals surface area contributed by atoms with Crippen LogP contribution in [-0.4, -0.2) is 24.8 Å². The lowest BCUT2D eigenvalue weighted by molar-refractivity contribution is -0.116. The zero-order valence-electron chi connectivity index (χ0n) is 15.0. The number of nitrogens with one attached hydrogen (secondary N) is 1. The van der Waals surface area contributed by atoms with Gasteiger partial charge in [0.05, 0.1) is 5.69 Å². The molecule has 0 atom stereocenters. The molecular weight excluding hydrogens is 417 g/mol. The molecule has 0 bridgehead atoms. The van der Waals surface area contributed by atoms with Crippen LogP contribution in [0.1, 0.15) is 5.82 Å². The summed E-state index contributed by atoms with van der Waals surface area (Å²) in [6.07, 6.45) is 3.27. The molecule has 0 radical (unpaired) electrons. The fraction of sp³-hybridized carbons (Fsp3) is 0.105. The Morgan fingerprint density at radius 1 is 1.28 bits per heavy atom. The van der Waals surface area contributed by atoms with Crippen molar-refractivity contribution in [2.24, 2.45) is 0 Å². The van der Waals surface area contributed by atoms with Gasteiger partial charge < -0.3 is 5.32 Å². The number of hydrogen-bond donors (Lipinski definition) is 1. The molecule has 0 fully saturated rings. The summed E-state index contributed by atoms with van der Waals surface area (Å²) in [4.78, 5) is 33.7. The summed E-state index contributed by atoms with van der Waals surface area (Å²) in [5.74, 6) is -0.867. The van der Waals surface area contributed by atoms with E-state index in [0.717, 1.165) is 23.2 Å². The fourth-order valence-electron chi connectivity index (χ4n) is 2.83. The molecule has 10 heteroatoms. The van der Waals surface area contributed by atoms with Crippen LogP contribution in [0.5, 0.6) is 0 Å². The zero-order chi connectivity index (χ0) is 20.5. The summed E-state index contributed by atoms with van der Waals surface area (Å²) < 4.78 is 19.8. The van der Waals surface area contributed by atoms with Crippen molar-refractivity contribution in [3.63, 3.8) is 0 Å². The smallest absolute Gasteiger partial charge is 0.273 e. The van der Waals surface area contributed by atoms with Crippen LogP contribution in [0.15, 0.2) is 47.5 Å². The van der Waals surface area contributed by atoms with E-state index < -0.39 is 11.7 Å². The minimum atomic E-state index is -0.659. The summed E-state index contributed by atoms with van der Waals surface area (Å²) in [5.41, 5.74) is 1.47. The van der Waals surface area contributed by atoms with Gasteiger partial charge in [0.1, 0.15) is 34.1 Å². The monoisotopic (exact) mass is 429 g/mol. The largest absolute Gasteiger partial charge is 0.322 e. The van der Waals surface area contributed by atoms with Gasteiger partial charge in [-0.2, -0.15) is 4.37 Å². The van der Waals surface area contributed by atoms with Crippen molar-refractivity contribution in [1.29, 1.82) is 0 Å². The van der Waals surface area contributed by atoms with Crippen LogP contribution in [0.25, 0.3) is 21.5 Å². The number of anilines is 1. The first-order valence-corrected chi connectivity index (χ1v) is 9.61. The quantitative estimate of drug-likeness (QED) is 0.534. The van der Waals surface area contributed by atoms with Crippen LogP contribution in [0.3, 0.4) is 0 Å².